The van der Waals surface area contributed by atoms with Gasteiger partial charge in [-0.15, -0.1) is 0 Å². The Bertz CT molecular complexity index is 865. The van der Waals surface area contributed by atoms with Gasteiger partial charge in [0.1, 0.15) is 11.5 Å². The number of hydrogen-bond donors (Lipinski definition) is 3. The van der Waals surface area contributed by atoms with E-state index in [0.717, 1.165) is 27.5 Å². The number of fused-ring (bicyclic) bond motifs is 1. The van der Waals surface area contributed by atoms with Gasteiger partial charge in [0.2, 0.25) is 0 Å². The smallest absolute Gasteiger partial charge is 0.153 e. The first-order chi connectivity index (χ1) is 11.2. The summed E-state index contributed by atoms with van der Waals surface area (Å²) in [6.45, 7) is 1.95. The summed E-state index contributed by atoms with van der Waals surface area (Å²) in [6.07, 6.45) is 0. The third kappa shape index (κ3) is 2.82. The molecule has 3 rings (SSSR count). The van der Waals surface area contributed by atoms with Crippen LogP contribution in [0.3, 0.4) is 0 Å². The average Bonchev–Trinajstić information content (AvgIpc) is 2.60. The second kappa shape index (κ2) is 6.86. The van der Waals surface area contributed by atoms with Crippen LogP contribution in [0.15, 0.2) is 48.5 Å². The molecule has 0 aliphatic carbocycles. The zero-order chi connectivity index (χ0) is 16.4. The third-order valence-corrected chi connectivity index (χ3v) is 4.30. The molecule has 0 fully saturated rings. The molecule has 118 valence electrons. The van der Waals surface area contributed by atoms with Gasteiger partial charge in [0.25, 0.3) is 0 Å². The number of para-hydroxylation sites is 1. The summed E-state index contributed by atoms with van der Waals surface area (Å²) in [5.74, 6) is 1.90. The Kier molecular flexibility index (Phi) is 4.84. The summed E-state index contributed by atoms with van der Waals surface area (Å²) in [5, 5.41) is 1.76. The Morgan fingerprint density at radius 3 is 2.04 bits per heavy atom. The molecule has 3 aromatic rings. The lowest BCUT2D eigenvalue weighted by molar-refractivity contribution is 0.645. The van der Waals surface area contributed by atoms with Crippen molar-refractivity contribution in [1.29, 1.82) is 0 Å². The fraction of sp³-hybridized carbons (Fsp3) is 0.0588. The van der Waals surface area contributed by atoms with Crippen molar-refractivity contribution in [2.75, 3.05) is 0 Å². The van der Waals surface area contributed by atoms with Crippen LogP contribution in [0.25, 0.3) is 21.9 Å². The van der Waals surface area contributed by atoms with E-state index < -0.39 is 0 Å². The molecule has 0 saturated carbocycles. The molecular weight excluding hydrogens is 348 g/mol. The van der Waals surface area contributed by atoms with E-state index in [0.29, 0.717) is 17.2 Å². The molecule has 0 radical (unpaired) electrons. The highest BCUT2D eigenvalue weighted by atomic mass is 32.1. The van der Waals surface area contributed by atoms with Crippen LogP contribution in [0.4, 0.5) is 0 Å². The normalized spacial score (nSPS) is 10.6. The van der Waals surface area contributed by atoms with Gasteiger partial charge < -0.3 is 12.5 Å². The van der Waals surface area contributed by atoms with E-state index >= 15 is 0 Å². The molecule has 23 heavy (non-hydrogen) atoms. The van der Waals surface area contributed by atoms with Crippen molar-refractivity contribution < 1.29 is 12.5 Å². The lowest BCUT2D eigenvalue weighted by Gasteiger charge is -2.16. The number of benzene rings is 3. The molecule has 6 heteroatoms. The van der Waals surface area contributed by atoms with Gasteiger partial charge in [-0.05, 0) is 18.6 Å². The molecule has 0 saturated heterocycles. The Balaban J connectivity index is 2.40. The van der Waals surface area contributed by atoms with Crippen molar-refractivity contribution >= 4 is 49.5 Å². The van der Waals surface area contributed by atoms with Gasteiger partial charge in [0.15, 0.2) is 5.75 Å². The molecule has 0 atom stereocenters. The Labute approximate surface area is 151 Å². The summed E-state index contributed by atoms with van der Waals surface area (Å²) >= 11 is 12.0. The molecule has 0 spiro atoms. The molecule has 0 bridgehead atoms. The van der Waals surface area contributed by atoms with E-state index in [1.54, 1.807) is 0 Å². The maximum atomic E-state index is 5.39. The molecule has 3 aromatic carbocycles. The van der Waals surface area contributed by atoms with Crippen molar-refractivity contribution in [3.05, 3.63) is 54.1 Å². The summed E-state index contributed by atoms with van der Waals surface area (Å²) < 4.78 is 15.9. The summed E-state index contributed by atoms with van der Waals surface area (Å²) in [5.41, 5.74) is 2.58. The van der Waals surface area contributed by atoms with Crippen LogP contribution in [-0.2, 0) is 0 Å². The van der Waals surface area contributed by atoms with Crippen LogP contribution < -0.4 is 12.5 Å². The van der Waals surface area contributed by atoms with E-state index in [2.05, 4.69) is 38.7 Å². The minimum absolute atomic E-state index is 0.621. The first kappa shape index (κ1) is 16.2. The van der Waals surface area contributed by atoms with E-state index in [-0.39, 0.29) is 0 Å². The third-order valence-electron chi connectivity index (χ3n) is 3.74. The number of hydrogen-bond acceptors (Lipinski definition) is 6. The predicted octanol–water partition coefficient (Wildman–Crippen LogP) is 5.49. The quantitative estimate of drug-likeness (QED) is 0.423. The molecule has 0 aliphatic heterocycles. The van der Waals surface area contributed by atoms with Gasteiger partial charge in [-0.3, -0.25) is 0 Å². The Morgan fingerprint density at radius 1 is 0.696 bits per heavy atom. The standard InChI is InChI=1S/C17H14O3S3/c1-10-5-4-8-13(16(10)19-22)14-9-15(18-21)11-6-2-3-7-12(11)17(14)20-23/h2-9,21-23H,1H3. The topological polar surface area (TPSA) is 27.7 Å². The van der Waals surface area contributed by atoms with Gasteiger partial charge >= 0.3 is 0 Å². The number of rotatable bonds is 4. The minimum Gasteiger partial charge on any atom is -0.428 e. The minimum atomic E-state index is 0.621. The Hall–Kier alpha value is -1.63. The summed E-state index contributed by atoms with van der Waals surface area (Å²) in [6, 6.07) is 15.4. The van der Waals surface area contributed by atoms with Crippen LogP contribution >= 0.6 is 38.7 Å². The largest absolute Gasteiger partial charge is 0.428 e. The first-order valence-electron chi connectivity index (χ1n) is 6.81. The SMILES string of the molecule is Cc1cccc(-c2cc(OS)c3ccccc3c2OS)c1OS. The van der Waals surface area contributed by atoms with Gasteiger partial charge in [0, 0.05) is 60.6 Å². The van der Waals surface area contributed by atoms with Crippen LogP contribution in [0.1, 0.15) is 5.56 Å². The zero-order valence-corrected chi connectivity index (χ0v) is 14.9. The van der Waals surface area contributed by atoms with Crippen LogP contribution in [0, 0.1) is 6.92 Å². The van der Waals surface area contributed by atoms with Crippen molar-refractivity contribution in [3.8, 4) is 28.4 Å². The van der Waals surface area contributed by atoms with E-state index in [1.807, 2.05) is 55.5 Å². The maximum Gasteiger partial charge on any atom is 0.153 e. The van der Waals surface area contributed by atoms with E-state index in [4.69, 9.17) is 12.5 Å². The molecule has 0 unspecified atom stereocenters. The Morgan fingerprint density at radius 2 is 1.39 bits per heavy atom. The highest BCUT2D eigenvalue weighted by Crippen LogP contribution is 2.46. The van der Waals surface area contributed by atoms with Gasteiger partial charge in [0.05, 0.1) is 0 Å². The lowest BCUT2D eigenvalue weighted by Crippen LogP contribution is -1.92. The second-order valence-corrected chi connectivity index (χ2v) is 5.57. The van der Waals surface area contributed by atoms with Crippen LogP contribution in [-0.4, -0.2) is 0 Å². The van der Waals surface area contributed by atoms with Crippen molar-refractivity contribution in [3.63, 3.8) is 0 Å². The number of thiol groups is 3. The van der Waals surface area contributed by atoms with E-state index in [1.165, 1.54) is 0 Å². The number of aryl methyl sites for hydroxylation is 1. The van der Waals surface area contributed by atoms with Crippen molar-refractivity contribution in [2.24, 2.45) is 0 Å². The molecular formula is C17H14O3S3. The van der Waals surface area contributed by atoms with Gasteiger partial charge in [-0.1, -0.05) is 42.5 Å². The molecule has 0 amide bonds. The molecule has 3 nitrogen and oxygen atoms in total. The summed E-state index contributed by atoms with van der Waals surface area (Å²) in [7, 11) is 0. The highest BCUT2D eigenvalue weighted by Gasteiger charge is 2.19. The fourth-order valence-corrected chi connectivity index (χ4v) is 3.27. The second-order valence-electron chi connectivity index (χ2n) is 5.02. The molecule has 0 N–H and O–H groups in total. The monoisotopic (exact) mass is 362 g/mol. The van der Waals surface area contributed by atoms with Gasteiger partial charge in [-0.2, -0.15) is 0 Å². The maximum absolute atomic E-state index is 5.39. The van der Waals surface area contributed by atoms with Gasteiger partial charge in [-0.25, -0.2) is 0 Å². The van der Waals surface area contributed by atoms with Crippen LogP contribution in [0.5, 0.6) is 17.2 Å². The molecule has 0 aliphatic rings. The zero-order valence-electron chi connectivity index (χ0n) is 12.2. The first-order valence-corrected chi connectivity index (χ1v) is 7.90. The molecule has 0 aromatic heterocycles. The average molecular weight is 362 g/mol. The predicted molar refractivity (Wildman–Crippen MR) is 103 cm³/mol. The van der Waals surface area contributed by atoms with Crippen LogP contribution in [0.2, 0.25) is 0 Å². The van der Waals surface area contributed by atoms with Crippen molar-refractivity contribution in [1.82, 2.24) is 0 Å². The molecule has 0 heterocycles. The highest BCUT2D eigenvalue weighted by molar-refractivity contribution is 7.75. The van der Waals surface area contributed by atoms with Crippen molar-refractivity contribution in [2.45, 2.75) is 6.92 Å². The van der Waals surface area contributed by atoms with E-state index in [9.17, 15) is 0 Å². The fourth-order valence-electron chi connectivity index (χ4n) is 2.68. The summed E-state index contributed by atoms with van der Waals surface area (Å²) in [4.78, 5) is 0. The lowest BCUT2D eigenvalue weighted by atomic mass is 9.97.